The van der Waals surface area contributed by atoms with Crippen LogP contribution in [0.2, 0.25) is 0 Å². The molecule has 6 nitrogen and oxygen atoms in total. The third-order valence-electron chi connectivity index (χ3n) is 1.49. The maximum atomic E-state index is 10.8. The summed E-state index contributed by atoms with van der Waals surface area (Å²) in [5.41, 5.74) is 0.625. The van der Waals surface area contributed by atoms with E-state index in [-0.39, 0.29) is 12.5 Å². The fourth-order valence-electron chi connectivity index (χ4n) is 0.957. The highest BCUT2D eigenvalue weighted by Gasteiger charge is 2.19. The summed E-state index contributed by atoms with van der Waals surface area (Å²) in [5.74, 6) is 0.630. The Morgan fingerprint density at radius 2 is 2.33 bits per heavy atom. The van der Waals surface area contributed by atoms with Crippen LogP contribution in [0.3, 0.4) is 0 Å². The van der Waals surface area contributed by atoms with Crippen molar-refractivity contribution < 1.29 is 9.53 Å². The van der Waals surface area contributed by atoms with Gasteiger partial charge in [0.05, 0.1) is 0 Å². The van der Waals surface area contributed by atoms with Gasteiger partial charge in [-0.05, 0) is 12.1 Å². The summed E-state index contributed by atoms with van der Waals surface area (Å²) in [7, 11) is 0. The van der Waals surface area contributed by atoms with Gasteiger partial charge >= 0.3 is 0 Å². The minimum Gasteiger partial charge on any atom is -0.478 e. The van der Waals surface area contributed by atoms with Gasteiger partial charge in [-0.3, -0.25) is 4.79 Å². The second-order valence-electron chi connectivity index (χ2n) is 2.39. The van der Waals surface area contributed by atoms with Crippen molar-refractivity contribution in [3.05, 3.63) is 5.69 Å². The summed E-state index contributed by atoms with van der Waals surface area (Å²) >= 11 is 0. The van der Waals surface area contributed by atoms with Gasteiger partial charge in [0.25, 0.3) is 5.91 Å². The number of anilines is 1. The van der Waals surface area contributed by atoms with Crippen LogP contribution >= 0.6 is 0 Å². The molecule has 1 aromatic rings. The number of hydrogen-bond donors (Lipinski definition) is 1. The van der Waals surface area contributed by atoms with Crippen LogP contribution < -0.4 is 10.1 Å². The average Bonchev–Trinajstić information content (AvgIpc) is 2.04. The molecule has 1 aliphatic heterocycles. The summed E-state index contributed by atoms with van der Waals surface area (Å²) in [6.07, 6.45) is 0. The zero-order chi connectivity index (χ0) is 8.55. The molecule has 0 unspecified atom stereocenters. The molecule has 0 aromatic carbocycles. The van der Waals surface area contributed by atoms with Crippen LogP contribution in [0.4, 0.5) is 5.82 Å². The molecule has 62 valence electrons. The van der Waals surface area contributed by atoms with Crippen LogP contribution in [0.15, 0.2) is 0 Å². The minimum atomic E-state index is -0.220. The van der Waals surface area contributed by atoms with E-state index in [2.05, 4.69) is 20.7 Å². The number of hydrogen-bond acceptors (Lipinski definition) is 5. The fourth-order valence-corrected chi connectivity index (χ4v) is 0.957. The molecular formula is C6H6N4O2. The molecule has 0 radical (unpaired) electrons. The average molecular weight is 166 g/mol. The molecule has 0 aliphatic carbocycles. The molecular weight excluding hydrogens is 160 g/mol. The molecule has 1 aliphatic rings. The third-order valence-corrected chi connectivity index (χ3v) is 1.49. The van der Waals surface area contributed by atoms with E-state index in [1.807, 2.05) is 0 Å². The lowest BCUT2D eigenvalue weighted by Gasteiger charge is -2.16. The highest BCUT2D eigenvalue weighted by atomic mass is 16.5. The van der Waals surface area contributed by atoms with Gasteiger partial charge in [-0.25, -0.2) is 0 Å². The van der Waals surface area contributed by atoms with Crippen molar-refractivity contribution in [2.45, 2.75) is 6.92 Å². The summed E-state index contributed by atoms with van der Waals surface area (Å²) in [5, 5.41) is 13.3. The Labute approximate surface area is 67.9 Å². The van der Waals surface area contributed by atoms with Crippen molar-refractivity contribution in [1.82, 2.24) is 15.4 Å². The molecule has 2 heterocycles. The molecule has 6 heteroatoms. The third kappa shape index (κ3) is 0.969. The molecule has 0 fully saturated rings. The zero-order valence-electron chi connectivity index (χ0n) is 6.37. The SMILES string of the molecule is Cc1nnnc2c1OCC(=O)N2. The molecule has 0 saturated carbocycles. The van der Waals surface area contributed by atoms with E-state index < -0.39 is 0 Å². The number of amides is 1. The molecule has 0 atom stereocenters. The highest BCUT2D eigenvalue weighted by molar-refractivity contribution is 5.94. The minimum absolute atomic E-state index is 0.0151. The molecule has 2 rings (SSSR count). The van der Waals surface area contributed by atoms with E-state index in [1.54, 1.807) is 6.92 Å². The molecule has 0 bridgehead atoms. The van der Waals surface area contributed by atoms with Crippen molar-refractivity contribution >= 4 is 11.7 Å². The van der Waals surface area contributed by atoms with Gasteiger partial charge in [-0.15, -0.1) is 10.2 Å². The first-order valence-electron chi connectivity index (χ1n) is 3.40. The van der Waals surface area contributed by atoms with Gasteiger partial charge in [0.1, 0.15) is 5.69 Å². The van der Waals surface area contributed by atoms with Crippen LogP contribution in [0, 0.1) is 6.92 Å². The summed E-state index contributed by atoms with van der Waals surface area (Å²) in [4.78, 5) is 10.8. The second kappa shape index (κ2) is 2.40. The molecule has 0 spiro atoms. The van der Waals surface area contributed by atoms with E-state index in [0.717, 1.165) is 0 Å². The summed E-state index contributed by atoms with van der Waals surface area (Å²) in [6.45, 7) is 1.76. The van der Waals surface area contributed by atoms with Crippen LogP contribution in [0.25, 0.3) is 0 Å². The maximum absolute atomic E-state index is 10.8. The Morgan fingerprint density at radius 3 is 3.17 bits per heavy atom. The number of nitrogens with one attached hydrogen (secondary N) is 1. The monoisotopic (exact) mass is 166 g/mol. The first-order valence-corrected chi connectivity index (χ1v) is 3.40. The number of carbonyl (C=O) groups excluding carboxylic acids is 1. The lowest BCUT2D eigenvalue weighted by molar-refractivity contribution is -0.118. The quantitative estimate of drug-likeness (QED) is 0.562. The summed E-state index contributed by atoms with van der Waals surface area (Å²) < 4.78 is 5.09. The van der Waals surface area contributed by atoms with E-state index in [4.69, 9.17) is 4.74 Å². The first kappa shape index (κ1) is 6.96. The predicted octanol–water partition coefficient (Wildman–Crippen LogP) is -0.489. The number of rotatable bonds is 0. The van der Waals surface area contributed by atoms with Crippen LogP contribution in [0.1, 0.15) is 5.69 Å². The van der Waals surface area contributed by atoms with Gasteiger partial charge in [-0.2, -0.15) is 0 Å². The Bertz CT molecular complexity index is 338. The summed E-state index contributed by atoms with van der Waals surface area (Å²) in [6, 6.07) is 0. The van der Waals surface area contributed by atoms with Gasteiger partial charge in [0.15, 0.2) is 12.4 Å². The van der Waals surface area contributed by atoms with Crippen molar-refractivity contribution in [2.24, 2.45) is 0 Å². The topological polar surface area (TPSA) is 77.0 Å². The smallest absolute Gasteiger partial charge is 0.263 e. The lowest BCUT2D eigenvalue weighted by Crippen LogP contribution is -2.27. The van der Waals surface area contributed by atoms with Crippen LogP contribution in [-0.2, 0) is 4.79 Å². The maximum Gasteiger partial charge on any atom is 0.263 e. The van der Waals surface area contributed by atoms with Crippen molar-refractivity contribution in [1.29, 1.82) is 0 Å². The largest absolute Gasteiger partial charge is 0.478 e. The van der Waals surface area contributed by atoms with Crippen molar-refractivity contribution in [3.8, 4) is 5.75 Å². The zero-order valence-corrected chi connectivity index (χ0v) is 6.37. The van der Waals surface area contributed by atoms with Crippen molar-refractivity contribution in [2.75, 3.05) is 11.9 Å². The van der Waals surface area contributed by atoms with Gasteiger partial charge in [-0.1, -0.05) is 0 Å². The highest BCUT2D eigenvalue weighted by Crippen LogP contribution is 2.25. The molecule has 1 amide bonds. The standard InChI is InChI=1S/C6H6N4O2/c1-3-5-6(9-10-8-3)7-4(11)2-12-5/h2H2,1H3,(H,7,8,9,11). The van der Waals surface area contributed by atoms with Crippen LogP contribution in [0.5, 0.6) is 5.75 Å². The van der Waals surface area contributed by atoms with E-state index in [9.17, 15) is 4.79 Å². The molecule has 1 N–H and O–H groups in total. The van der Waals surface area contributed by atoms with E-state index in [0.29, 0.717) is 17.3 Å². The van der Waals surface area contributed by atoms with E-state index in [1.165, 1.54) is 0 Å². The van der Waals surface area contributed by atoms with Gasteiger partial charge in [0, 0.05) is 0 Å². The molecule has 12 heavy (non-hydrogen) atoms. The van der Waals surface area contributed by atoms with E-state index >= 15 is 0 Å². The number of aromatic nitrogens is 3. The Morgan fingerprint density at radius 1 is 1.50 bits per heavy atom. The second-order valence-corrected chi connectivity index (χ2v) is 2.39. The first-order chi connectivity index (χ1) is 5.77. The Balaban J connectivity index is 2.48. The number of nitrogens with zero attached hydrogens (tertiary/aromatic N) is 3. The Hall–Kier alpha value is -1.72. The number of aryl methyl sites for hydroxylation is 1. The predicted molar refractivity (Wildman–Crippen MR) is 38.7 cm³/mol. The van der Waals surface area contributed by atoms with Gasteiger partial charge in [0.2, 0.25) is 5.82 Å². The molecule has 1 aromatic heterocycles. The van der Waals surface area contributed by atoms with Gasteiger partial charge < -0.3 is 10.1 Å². The number of ether oxygens (including phenoxy) is 1. The Kier molecular flexibility index (Phi) is 1.39. The fraction of sp³-hybridized carbons (Fsp3) is 0.333. The number of fused-ring (bicyclic) bond motifs is 1. The van der Waals surface area contributed by atoms with Crippen LogP contribution in [-0.4, -0.2) is 27.9 Å². The lowest BCUT2D eigenvalue weighted by atomic mass is 10.3. The molecule has 0 saturated heterocycles. The number of carbonyl (C=O) groups is 1. The van der Waals surface area contributed by atoms with Crippen molar-refractivity contribution in [3.63, 3.8) is 0 Å². The normalized spacial score (nSPS) is 14.6.